The van der Waals surface area contributed by atoms with E-state index in [1.54, 1.807) is 29.9 Å². The highest BCUT2D eigenvalue weighted by atomic mass is 32.2. The van der Waals surface area contributed by atoms with Crippen LogP contribution in [-0.4, -0.2) is 36.9 Å². The Kier molecular flexibility index (Phi) is 7.12. The van der Waals surface area contributed by atoms with Crippen molar-refractivity contribution in [2.24, 2.45) is 7.05 Å². The molecule has 0 unspecified atom stereocenters. The van der Waals surface area contributed by atoms with Gasteiger partial charge in [0.05, 0.1) is 5.75 Å². The number of aryl methyl sites for hydroxylation is 3. The summed E-state index contributed by atoms with van der Waals surface area (Å²) in [5.41, 5.74) is 3.35. The van der Waals surface area contributed by atoms with Crippen LogP contribution in [0.4, 0.5) is 0 Å². The van der Waals surface area contributed by atoms with Gasteiger partial charge < -0.3 is 9.30 Å². The van der Waals surface area contributed by atoms with Gasteiger partial charge in [0.25, 0.3) is 5.91 Å². The van der Waals surface area contributed by atoms with Gasteiger partial charge in [0.2, 0.25) is 5.91 Å². The first-order valence-electron chi connectivity index (χ1n) is 10.7. The van der Waals surface area contributed by atoms with Crippen molar-refractivity contribution in [3.05, 3.63) is 89.5 Å². The zero-order valence-electron chi connectivity index (χ0n) is 19.2. The molecule has 0 fully saturated rings. The van der Waals surface area contributed by atoms with Gasteiger partial charge in [-0.3, -0.25) is 19.5 Å². The molecule has 2 aromatic carbocycles. The summed E-state index contributed by atoms with van der Waals surface area (Å²) >= 11 is 1.20. The van der Waals surface area contributed by atoms with Crippen LogP contribution in [0, 0.1) is 13.8 Å². The fourth-order valence-corrected chi connectivity index (χ4v) is 4.31. The van der Waals surface area contributed by atoms with E-state index in [9.17, 15) is 9.59 Å². The van der Waals surface area contributed by atoms with Crippen LogP contribution in [0.3, 0.4) is 0 Å². The molecule has 0 saturated heterocycles. The fraction of sp³-hybridized carbons (Fsp3) is 0.200. The predicted molar refractivity (Wildman–Crippen MR) is 130 cm³/mol. The Morgan fingerprint density at radius 2 is 1.71 bits per heavy atom. The van der Waals surface area contributed by atoms with Crippen LogP contribution in [0.15, 0.2) is 72.0 Å². The molecule has 2 aromatic heterocycles. The van der Waals surface area contributed by atoms with Crippen molar-refractivity contribution in [1.82, 2.24) is 24.6 Å². The van der Waals surface area contributed by atoms with E-state index in [4.69, 9.17) is 4.74 Å². The summed E-state index contributed by atoms with van der Waals surface area (Å²) in [7, 11) is 1.75. The van der Waals surface area contributed by atoms with Gasteiger partial charge in [-0.2, -0.15) is 0 Å². The Morgan fingerprint density at radius 1 is 0.971 bits per heavy atom. The third-order valence-corrected chi connectivity index (χ3v) is 6.16. The average molecular weight is 476 g/mol. The van der Waals surface area contributed by atoms with Crippen molar-refractivity contribution in [3.8, 4) is 11.4 Å². The summed E-state index contributed by atoms with van der Waals surface area (Å²) in [6.45, 7) is 4.22. The second kappa shape index (κ2) is 10.4. The molecule has 0 radical (unpaired) electrons. The summed E-state index contributed by atoms with van der Waals surface area (Å²) in [5.74, 6) is 0.589. The van der Waals surface area contributed by atoms with Gasteiger partial charge in [0, 0.05) is 18.9 Å². The number of para-hydroxylation sites is 2. The minimum Gasteiger partial charge on any atom is -0.485 e. The number of nitrogens with one attached hydrogen (secondary N) is 1. The third kappa shape index (κ3) is 5.20. The number of benzene rings is 2. The number of thioether (sulfide) groups is 1. The smallest absolute Gasteiger partial charge is 0.274 e. The normalized spacial score (nSPS) is 10.8. The molecule has 2 heterocycles. The summed E-state index contributed by atoms with van der Waals surface area (Å²) < 4.78 is 9.62. The van der Waals surface area contributed by atoms with Gasteiger partial charge in [0.15, 0.2) is 11.0 Å². The van der Waals surface area contributed by atoms with Crippen LogP contribution >= 0.6 is 11.8 Å². The summed E-state index contributed by atoms with van der Waals surface area (Å²) in [4.78, 5) is 24.7. The molecule has 0 spiro atoms. The van der Waals surface area contributed by atoms with Crippen molar-refractivity contribution in [1.29, 1.82) is 0 Å². The highest BCUT2D eigenvalue weighted by Crippen LogP contribution is 2.26. The van der Waals surface area contributed by atoms with Crippen LogP contribution in [0.25, 0.3) is 5.69 Å². The minimum atomic E-state index is -0.440. The van der Waals surface area contributed by atoms with E-state index in [-0.39, 0.29) is 12.4 Å². The lowest BCUT2D eigenvalue weighted by atomic mass is 10.1. The lowest BCUT2D eigenvalue weighted by Gasteiger charge is -2.13. The molecular weight excluding hydrogens is 450 g/mol. The topological polar surface area (TPSA) is 91.0 Å². The number of nitrogens with zero attached hydrogens (tertiary/aromatic N) is 4. The van der Waals surface area contributed by atoms with E-state index >= 15 is 0 Å². The molecule has 0 saturated carbocycles. The molecular formula is C25H25N5O3S. The van der Waals surface area contributed by atoms with Crippen LogP contribution in [0.2, 0.25) is 0 Å². The van der Waals surface area contributed by atoms with Crippen molar-refractivity contribution in [2.45, 2.75) is 25.6 Å². The van der Waals surface area contributed by atoms with E-state index in [0.717, 1.165) is 22.6 Å². The van der Waals surface area contributed by atoms with E-state index in [1.165, 1.54) is 11.8 Å². The highest BCUT2D eigenvalue weighted by Gasteiger charge is 2.18. The molecule has 174 valence electrons. The number of imide groups is 1. The van der Waals surface area contributed by atoms with Gasteiger partial charge in [-0.05, 0) is 49.2 Å². The van der Waals surface area contributed by atoms with Crippen LogP contribution in [-0.2, 0) is 18.4 Å². The highest BCUT2D eigenvalue weighted by molar-refractivity contribution is 7.99. The zero-order valence-corrected chi connectivity index (χ0v) is 20.0. The quantitative estimate of drug-likeness (QED) is 0.389. The van der Waals surface area contributed by atoms with E-state index in [2.05, 4.69) is 15.5 Å². The Labute approximate surface area is 202 Å². The lowest BCUT2D eigenvalue weighted by molar-refractivity contribution is -0.117. The largest absolute Gasteiger partial charge is 0.485 e. The predicted octanol–water partition coefficient (Wildman–Crippen LogP) is 3.85. The lowest BCUT2D eigenvalue weighted by Crippen LogP contribution is -2.33. The van der Waals surface area contributed by atoms with Crippen molar-refractivity contribution >= 4 is 23.6 Å². The van der Waals surface area contributed by atoms with Crippen molar-refractivity contribution < 1.29 is 14.3 Å². The molecule has 34 heavy (non-hydrogen) atoms. The average Bonchev–Trinajstić information content (AvgIpc) is 3.44. The van der Waals surface area contributed by atoms with E-state index < -0.39 is 11.8 Å². The maximum absolute atomic E-state index is 12.4. The molecule has 0 aliphatic heterocycles. The molecule has 4 rings (SSSR count). The van der Waals surface area contributed by atoms with Gasteiger partial charge in [-0.25, -0.2) is 0 Å². The summed E-state index contributed by atoms with van der Waals surface area (Å²) in [5, 5.41) is 11.6. The second-order valence-corrected chi connectivity index (χ2v) is 8.69. The van der Waals surface area contributed by atoms with Crippen molar-refractivity contribution in [3.63, 3.8) is 0 Å². The first-order valence-corrected chi connectivity index (χ1v) is 11.7. The number of hydrogen-bond donors (Lipinski definition) is 1. The van der Waals surface area contributed by atoms with Gasteiger partial charge >= 0.3 is 0 Å². The number of hydrogen-bond acceptors (Lipinski definition) is 6. The minimum absolute atomic E-state index is 0.0128. The number of rotatable bonds is 8. The molecule has 0 bridgehead atoms. The third-order valence-electron chi connectivity index (χ3n) is 5.23. The molecule has 0 atom stereocenters. The number of aromatic nitrogens is 4. The first-order chi connectivity index (χ1) is 16.4. The summed E-state index contributed by atoms with van der Waals surface area (Å²) in [6, 6.07) is 19.0. The maximum atomic E-state index is 12.4. The van der Waals surface area contributed by atoms with E-state index in [1.807, 2.05) is 66.9 Å². The zero-order chi connectivity index (χ0) is 24.1. The molecule has 4 aromatic rings. The Hall–Kier alpha value is -3.85. The monoisotopic (exact) mass is 475 g/mol. The molecule has 0 aliphatic rings. The fourth-order valence-electron chi connectivity index (χ4n) is 3.54. The van der Waals surface area contributed by atoms with E-state index in [0.29, 0.717) is 16.7 Å². The van der Waals surface area contributed by atoms with Crippen LogP contribution in [0.1, 0.15) is 27.4 Å². The van der Waals surface area contributed by atoms with Crippen molar-refractivity contribution in [2.75, 3.05) is 5.75 Å². The maximum Gasteiger partial charge on any atom is 0.274 e. The number of carbonyl (C=O) groups is 2. The van der Waals surface area contributed by atoms with Gasteiger partial charge in [-0.15, -0.1) is 10.2 Å². The Morgan fingerprint density at radius 3 is 2.38 bits per heavy atom. The SMILES string of the molecule is Cc1cccc(C)c1OCc1nnc(SCC(=O)NC(=O)c2cccn2C)n1-c1ccccc1. The molecule has 8 nitrogen and oxygen atoms in total. The Balaban J connectivity index is 1.50. The molecule has 1 N–H and O–H groups in total. The second-order valence-electron chi connectivity index (χ2n) is 7.75. The number of ether oxygens (including phenoxy) is 1. The van der Waals surface area contributed by atoms with Crippen LogP contribution in [0.5, 0.6) is 5.75 Å². The number of carbonyl (C=O) groups excluding carboxylic acids is 2. The summed E-state index contributed by atoms with van der Waals surface area (Å²) in [6.07, 6.45) is 1.75. The van der Waals surface area contributed by atoms with Gasteiger partial charge in [0.1, 0.15) is 18.1 Å². The number of amides is 2. The standard InChI is InChI=1S/C25H25N5O3S/c1-17-9-7-10-18(2)23(17)33-15-21-27-28-25(30(21)19-11-5-4-6-12-19)34-16-22(31)26-24(32)20-13-8-14-29(20)3/h4-14H,15-16H2,1-3H3,(H,26,31,32). The first kappa shape index (κ1) is 23.3. The van der Waals surface area contributed by atoms with Crippen LogP contribution < -0.4 is 10.1 Å². The molecule has 0 aliphatic carbocycles. The molecule has 9 heteroatoms. The Bertz CT molecular complexity index is 1290. The van der Waals surface area contributed by atoms with Gasteiger partial charge in [-0.1, -0.05) is 48.2 Å². The molecule has 2 amide bonds.